The number of hydrogen-bond acceptors (Lipinski definition) is 3. The maximum absolute atomic E-state index is 12.6. The highest BCUT2D eigenvalue weighted by Gasteiger charge is 2.23. The minimum Gasteiger partial charge on any atom is -0.371 e. The first-order valence-corrected chi connectivity index (χ1v) is 10.7. The smallest absolute Gasteiger partial charge is 0.319 e. The van der Waals surface area contributed by atoms with Crippen LogP contribution in [-0.2, 0) is 0 Å². The fourth-order valence-electron chi connectivity index (χ4n) is 3.59. The molecule has 0 unspecified atom stereocenters. The third kappa shape index (κ3) is 5.99. The van der Waals surface area contributed by atoms with Gasteiger partial charge in [0.15, 0.2) is 0 Å². The second-order valence-electron chi connectivity index (χ2n) is 8.35. The van der Waals surface area contributed by atoms with Crippen molar-refractivity contribution in [1.29, 1.82) is 0 Å². The highest BCUT2D eigenvalue weighted by Crippen LogP contribution is 2.24. The SMILES string of the molecule is Cc1ccc(NC(=O)NC2CCN(c3ccccc3C(=O)NCC(C)C)CC2)cc1. The Hall–Kier alpha value is -3.02. The Kier molecular flexibility index (Phi) is 7.33. The number of benzene rings is 2. The van der Waals surface area contributed by atoms with Gasteiger partial charge in [-0.05, 0) is 49.9 Å². The van der Waals surface area contributed by atoms with Crippen molar-refractivity contribution in [2.75, 3.05) is 29.9 Å². The number of aryl methyl sites for hydroxylation is 1. The van der Waals surface area contributed by atoms with Crippen molar-refractivity contribution < 1.29 is 9.59 Å². The van der Waals surface area contributed by atoms with Gasteiger partial charge in [0, 0.05) is 37.1 Å². The molecule has 30 heavy (non-hydrogen) atoms. The molecule has 3 amide bonds. The molecule has 160 valence electrons. The normalized spacial score (nSPS) is 14.5. The topological polar surface area (TPSA) is 73.5 Å². The van der Waals surface area contributed by atoms with Gasteiger partial charge in [0.25, 0.3) is 5.91 Å². The molecule has 0 atom stereocenters. The fraction of sp³-hybridized carbons (Fsp3) is 0.417. The Labute approximate surface area is 179 Å². The molecule has 3 N–H and O–H groups in total. The van der Waals surface area contributed by atoms with Gasteiger partial charge < -0.3 is 20.9 Å². The van der Waals surface area contributed by atoms with Crippen LogP contribution in [-0.4, -0.2) is 37.6 Å². The van der Waals surface area contributed by atoms with Crippen LogP contribution in [0.15, 0.2) is 48.5 Å². The van der Waals surface area contributed by atoms with E-state index in [4.69, 9.17) is 0 Å². The van der Waals surface area contributed by atoms with E-state index < -0.39 is 0 Å². The third-order valence-corrected chi connectivity index (χ3v) is 5.30. The number of hydrogen-bond donors (Lipinski definition) is 3. The van der Waals surface area contributed by atoms with E-state index in [1.54, 1.807) is 0 Å². The van der Waals surface area contributed by atoms with Gasteiger partial charge in [-0.2, -0.15) is 0 Å². The Morgan fingerprint density at radius 2 is 1.70 bits per heavy atom. The number of para-hydroxylation sites is 1. The van der Waals surface area contributed by atoms with E-state index in [0.717, 1.165) is 42.9 Å². The number of carbonyl (C=O) groups excluding carboxylic acids is 2. The minimum absolute atomic E-state index is 0.0305. The summed E-state index contributed by atoms with van der Waals surface area (Å²) in [5, 5.41) is 8.97. The first kappa shape index (κ1) is 21.7. The zero-order valence-electron chi connectivity index (χ0n) is 18.1. The summed E-state index contributed by atoms with van der Waals surface area (Å²) in [7, 11) is 0. The second kappa shape index (κ2) is 10.1. The molecule has 1 saturated heterocycles. The van der Waals surface area contributed by atoms with Gasteiger partial charge in [0.05, 0.1) is 5.56 Å². The van der Waals surface area contributed by atoms with Crippen molar-refractivity contribution >= 4 is 23.3 Å². The van der Waals surface area contributed by atoms with E-state index in [0.29, 0.717) is 18.0 Å². The molecule has 3 rings (SSSR count). The Morgan fingerprint density at radius 1 is 1.03 bits per heavy atom. The highest BCUT2D eigenvalue weighted by atomic mass is 16.2. The summed E-state index contributed by atoms with van der Waals surface area (Å²) < 4.78 is 0. The number of nitrogens with zero attached hydrogens (tertiary/aromatic N) is 1. The molecule has 6 nitrogen and oxygen atoms in total. The van der Waals surface area contributed by atoms with Crippen molar-refractivity contribution in [2.24, 2.45) is 5.92 Å². The van der Waals surface area contributed by atoms with Gasteiger partial charge >= 0.3 is 6.03 Å². The summed E-state index contributed by atoms with van der Waals surface area (Å²) in [4.78, 5) is 27.1. The Bertz CT molecular complexity index is 856. The van der Waals surface area contributed by atoms with Crippen LogP contribution in [0.3, 0.4) is 0 Å². The Morgan fingerprint density at radius 3 is 2.37 bits per heavy atom. The predicted octanol–water partition coefficient (Wildman–Crippen LogP) is 4.17. The molecule has 0 spiro atoms. The summed E-state index contributed by atoms with van der Waals surface area (Å²) in [6, 6.07) is 15.4. The molecule has 1 aliphatic rings. The molecule has 1 aliphatic heterocycles. The zero-order chi connectivity index (χ0) is 21.5. The van der Waals surface area contributed by atoms with Crippen LogP contribution in [0.4, 0.5) is 16.2 Å². The van der Waals surface area contributed by atoms with Gasteiger partial charge in [-0.25, -0.2) is 4.79 Å². The first-order valence-electron chi connectivity index (χ1n) is 10.7. The maximum Gasteiger partial charge on any atom is 0.319 e. The zero-order valence-corrected chi connectivity index (χ0v) is 18.1. The lowest BCUT2D eigenvalue weighted by Crippen LogP contribution is -2.46. The van der Waals surface area contributed by atoms with E-state index in [2.05, 4.69) is 34.7 Å². The number of urea groups is 1. The van der Waals surface area contributed by atoms with Crippen LogP contribution in [0.25, 0.3) is 0 Å². The standard InChI is InChI=1S/C24H32N4O2/c1-17(2)16-25-23(29)21-6-4-5-7-22(21)28-14-12-20(13-15-28)27-24(30)26-19-10-8-18(3)9-11-19/h4-11,17,20H,12-16H2,1-3H3,(H,25,29)(H2,26,27,30). The van der Waals surface area contributed by atoms with Crippen LogP contribution in [0, 0.1) is 12.8 Å². The monoisotopic (exact) mass is 408 g/mol. The van der Waals surface area contributed by atoms with E-state index >= 15 is 0 Å². The number of rotatable bonds is 6. The summed E-state index contributed by atoms with van der Waals surface area (Å²) in [6.45, 7) is 8.44. The maximum atomic E-state index is 12.6. The molecule has 0 radical (unpaired) electrons. The number of anilines is 2. The molecule has 0 aliphatic carbocycles. The molecule has 0 aromatic heterocycles. The summed E-state index contributed by atoms with van der Waals surface area (Å²) in [5.74, 6) is 0.381. The lowest BCUT2D eigenvalue weighted by molar-refractivity contribution is 0.0949. The molecule has 1 heterocycles. The summed E-state index contributed by atoms with van der Waals surface area (Å²) in [5.41, 5.74) is 3.62. The van der Waals surface area contributed by atoms with Crippen LogP contribution in [0.1, 0.15) is 42.6 Å². The van der Waals surface area contributed by atoms with Gasteiger partial charge in [-0.1, -0.05) is 43.7 Å². The number of piperidine rings is 1. The average Bonchev–Trinajstić information content (AvgIpc) is 2.74. The minimum atomic E-state index is -0.175. The van der Waals surface area contributed by atoms with E-state index in [1.165, 1.54) is 0 Å². The summed E-state index contributed by atoms with van der Waals surface area (Å²) in [6.07, 6.45) is 1.67. The molecule has 2 aromatic carbocycles. The van der Waals surface area contributed by atoms with Crippen LogP contribution < -0.4 is 20.9 Å². The van der Waals surface area contributed by atoms with E-state index in [-0.39, 0.29) is 18.0 Å². The van der Waals surface area contributed by atoms with E-state index in [1.807, 2.05) is 55.5 Å². The molecule has 1 fully saturated rings. The molecular formula is C24H32N4O2. The van der Waals surface area contributed by atoms with Crippen LogP contribution >= 0.6 is 0 Å². The number of carbonyl (C=O) groups is 2. The summed E-state index contributed by atoms with van der Waals surface area (Å²) >= 11 is 0. The van der Waals surface area contributed by atoms with E-state index in [9.17, 15) is 9.59 Å². The first-order chi connectivity index (χ1) is 14.4. The third-order valence-electron chi connectivity index (χ3n) is 5.30. The average molecular weight is 409 g/mol. The molecular weight excluding hydrogens is 376 g/mol. The quantitative estimate of drug-likeness (QED) is 0.672. The lowest BCUT2D eigenvalue weighted by atomic mass is 10.0. The highest BCUT2D eigenvalue weighted by molar-refractivity contribution is 5.99. The predicted molar refractivity (Wildman–Crippen MR) is 122 cm³/mol. The van der Waals surface area contributed by atoms with Gasteiger partial charge in [0.1, 0.15) is 0 Å². The van der Waals surface area contributed by atoms with Gasteiger partial charge in [-0.3, -0.25) is 4.79 Å². The van der Waals surface area contributed by atoms with Gasteiger partial charge in [0.2, 0.25) is 0 Å². The fourth-order valence-corrected chi connectivity index (χ4v) is 3.59. The second-order valence-corrected chi connectivity index (χ2v) is 8.35. The van der Waals surface area contributed by atoms with Crippen molar-refractivity contribution in [2.45, 2.75) is 39.7 Å². The van der Waals surface area contributed by atoms with Crippen molar-refractivity contribution in [3.05, 3.63) is 59.7 Å². The van der Waals surface area contributed by atoms with Crippen molar-refractivity contribution in [3.8, 4) is 0 Å². The Balaban J connectivity index is 1.53. The van der Waals surface area contributed by atoms with Crippen LogP contribution in [0.5, 0.6) is 0 Å². The molecule has 2 aromatic rings. The number of nitrogens with one attached hydrogen (secondary N) is 3. The lowest BCUT2D eigenvalue weighted by Gasteiger charge is -2.34. The molecule has 6 heteroatoms. The van der Waals surface area contributed by atoms with Crippen LogP contribution in [0.2, 0.25) is 0 Å². The van der Waals surface area contributed by atoms with Crippen molar-refractivity contribution in [3.63, 3.8) is 0 Å². The van der Waals surface area contributed by atoms with Crippen molar-refractivity contribution in [1.82, 2.24) is 10.6 Å². The largest absolute Gasteiger partial charge is 0.371 e. The molecule has 0 saturated carbocycles. The molecule has 0 bridgehead atoms. The van der Waals surface area contributed by atoms with Gasteiger partial charge in [-0.15, -0.1) is 0 Å². The number of amides is 3.